The second-order valence-corrected chi connectivity index (χ2v) is 4.38. The van der Waals surface area contributed by atoms with Gasteiger partial charge in [0.05, 0.1) is 5.56 Å². The van der Waals surface area contributed by atoms with Crippen LogP contribution >= 0.6 is 22.6 Å². The number of rotatable bonds is 0. The van der Waals surface area contributed by atoms with Gasteiger partial charge < -0.3 is 5.32 Å². The van der Waals surface area contributed by atoms with Crippen molar-refractivity contribution in [3.8, 4) is 0 Å². The van der Waals surface area contributed by atoms with Gasteiger partial charge in [-0.05, 0) is 41.1 Å². The topological polar surface area (TPSA) is 29.1 Å². The first-order valence-corrected chi connectivity index (χ1v) is 5.34. The maximum absolute atomic E-state index is 11.6. The maximum Gasteiger partial charge on any atom is 0.167 e. The molecule has 0 bridgehead atoms. The number of carbonyl (C=O) groups excluding carboxylic acids is 1. The van der Waals surface area contributed by atoms with Gasteiger partial charge in [-0.15, -0.1) is 0 Å². The van der Waals surface area contributed by atoms with Crippen molar-refractivity contribution in [3.05, 3.63) is 26.8 Å². The van der Waals surface area contributed by atoms with E-state index in [1.165, 1.54) is 0 Å². The Bertz CT molecular complexity index is 373. The van der Waals surface area contributed by atoms with Crippen LogP contribution in [0.2, 0.25) is 0 Å². The van der Waals surface area contributed by atoms with Crippen LogP contribution in [0.5, 0.6) is 0 Å². The van der Waals surface area contributed by atoms with Gasteiger partial charge in [-0.1, -0.05) is 6.07 Å². The van der Waals surface area contributed by atoms with Crippen molar-refractivity contribution < 1.29 is 4.79 Å². The van der Waals surface area contributed by atoms with Crippen molar-refractivity contribution in [2.45, 2.75) is 13.3 Å². The van der Waals surface area contributed by atoms with E-state index in [9.17, 15) is 4.79 Å². The van der Waals surface area contributed by atoms with Crippen LogP contribution in [0, 0.1) is 10.5 Å². The summed E-state index contributed by atoms with van der Waals surface area (Å²) in [4.78, 5) is 11.6. The summed E-state index contributed by atoms with van der Waals surface area (Å²) in [5.41, 5.74) is 3.07. The normalized spacial score (nSPS) is 15.1. The van der Waals surface area contributed by atoms with Gasteiger partial charge in [0.2, 0.25) is 0 Å². The van der Waals surface area contributed by atoms with E-state index in [4.69, 9.17) is 0 Å². The molecule has 1 aromatic rings. The lowest BCUT2D eigenvalue weighted by Crippen LogP contribution is -2.20. The smallest absolute Gasteiger partial charge is 0.167 e. The van der Waals surface area contributed by atoms with Gasteiger partial charge in [0, 0.05) is 22.2 Å². The van der Waals surface area contributed by atoms with Crippen molar-refractivity contribution in [3.63, 3.8) is 0 Å². The van der Waals surface area contributed by atoms with E-state index in [2.05, 4.69) is 27.9 Å². The molecule has 1 heterocycles. The number of hydrogen-bond donors (Lipinski definition) is 1. The zero-order valence-corrected chi connectivity index (χ0v) is 9.51. The first-order valence-electron chi connectivity index (χ1n) is 4.26. The summed E-state index contributed by atoms with van der Waals surface area (Å²) in [6, 6.07) is 4.05. The molecule has 0 amide bonds. The van der Waals surface area contributed by atoms with E-state index < -0.39 is 0 Å². The largest absolute Gasteiger partial charge is 0.384 e. The third kappa shape index (κ3) is 1.45. The van der Waals surface area contributed by atoms with Gasteiger partial charge in [0.1, 0.15) is 0 Å². The van der Waals surface area contributed by atoms with E-state index in [0.717, 1.165) is 26.9 Å². The van der Waals surface area contributed by atoms with Gasteiger partial charge in [-0.25, -0.2) is 0 Å². The second-order valence-electron chi connectivity index (χ2n) is 3.21. The fourth-order valence-electron chi connectivity index (χ4n) is 1.61. The molecule has 2 rings (SSSR count). The number of Topliss-reactive ketones (excluding diaryl/α,β-unsaturated/α-hetero) is 1. The molecule has 0 unspecified atom stereocenters. The number of aryl methyl sites for hydroxylation is 1. The fraction of sp³-hybridized carbons (Fsp3) is 0.300. The average molecular weight is 287 g/mol. The zero-order valence-electron chi connectivity index (χ0n) is 7.36. The van der Waals surface area contributed by atoms with Crippen LogP contribution in [0.4, 0.5) is 5.69 Å². The lowest BCUT2D eigenvalue weighted by molar-refractivity contribution is 0.0983. The van der Waals surface area contributed by atoms with Crippen LogP contribution in [0.25, 0.3) is 0 Å². The Morgan fingerprint density at radius 1 is 1.46 bits per heavy atom. The van der Waals surface area contributed by atoms with Gasteiger partial charge in [0.15, 0.2) is 5.78 Å². The van der Waals surface area contributed by atoms with Gasteiger partial charge in [-0.2, -0.15) is 0 Å². The summed E-state index contributed by atoms with van der Waals surface area (Å²) in [7, 11) is 0. The summed E-state index contributed by atoms with van der Waals surface area (Å²) in [5, 5.41) is 3.28. The van der Waals surface area contributed by atoms with E-state index >= 15 is 0 Å². The molecule has 0 saturated carbocycles. The molecule has 0 saturated heterocycles. The summed E-state index contributed by atoms with van der Waals surface area (Å²) in [6.07, 6.45) is 0.618. The fourth-order valence-corrected chi connectivity index (χ4v) is 2.36. The van der Waals surface area contributed by atoms with Crippen LogP contribution < -0.4 is 5.32 Å². The van der Waals surface area contributed by atoms with E-state index in [1.807, 2.05) is 19.1 Å². The molecular weight excluding hydrogens is 277 g/mol. The Balaban J connectivity index is 2.67. The first-order chi connectivity index (χ1) is 6.20. The Hall–Kier alpha value is -0.580. The molecule has 0 spiro atoms. The third-order valence-corrected chi connectivity index (χ3v) is 3.19. The zero-order chi connectivity index (χ0) is 9.42. The van der Waals surface area contributed by atoms with E-state index in [0.29, 0.717) is 6.42 Å². The minimum Gasteiger partial charge on any atom is -0.384 e. The van der Waals surface area contributed by atoms with Crippen molar-refractivity contribution in [2.24, 2.45) is 0 Å². The quantitative estimate of drug-likeness (QED) is 0.743. The molecule has 3 heteroatoms. The number of benzene rings is 1. The van der Waals surface area contributed by atoms with Crippen molar-refractivity contribution >= 4 is 34.1 Å². The highest BCUT2D eigenvalue weighted by atomic mass is 127. The molecule has 0 fully saturated rings. The highest BCUT2D eigenvalue weighted by molar-refractivity contribution is 14.1. The second kappa shape index (κ2) is 3.29. The molecule has 1 N–H and O–H groups in total. The molecule has 0 aromatic heterocycles. The van der Waals surface area contributed by atoms with E-state index in [-0.39, 0.29) is 5.78 Å². The van der Waals surface area contributed by atoms with Gasteiger partial charge in [0.25, 0.3) is 0 Å². The summed E-state index contributed by atoms with van der Waals surface area (Å²) in [5.74, 6) is 0.266. The Kier molecular flexibility index (Phi) is 2.27. The summed E-state index contributed by atoms with van der Waals surface area (Å²) >= 11 is 2.21. The average Bonchev–Trinajstić information content (AvgIpc) is 2.12. The van der Waals surface area contributed by atoms with Crippen molar-refractivity contribution in [1.29, 1.82) is 0 Å². The van der Waals surface area contributed by atoms with Crippen LogP contribution in [0.3, 0.4) is 0 Å². The molecule has 0 radical (unpaired) electrons. The monoisotopic (exact) mass is 287 g/mol. The molecular formula is C10H10INO. The molecule has 0 aliphatic carbocycles. The predicted octanol–water partition coefficient (Wildman–Crippen LogP) is 2.60. The number of anilines is 1. The standard InChI is InChI=1S/C10H10INO/c1-6-2-3-7(11)9-8(13)4-5-12-10(6)9/h2-3,12H,4-5H2,1H3. The van der Waals surface area contributed by atoms with Crippen LogP contribution in [-0.2, 0) is 0 Å². The summed E-state index contributed by atoms with van der Waals surface area (Å²) < 4.78 is 1.05. The molecule has 0 atom stereocenters. The molecule has 13 heavy (non-hydrogen) atoms. The molecule has 1 aliphatic heterocycles. The Morgan fingerprint density at radius 3 is 2.92 bits per heavy atom. The number of fused-ring (bicyclic) bond motifs is 1. The minimum atomic E-state index is 0.266. The van der Waals surface area contributed by atoms with Gasteiger partial charge in [-0.3, -0.25) is 4.79 Å². The molecule has 1 aliphatic rings. The maximum atomic E-state index is 11.6. The lowest BCUT2D eigenvalue weighted by atomic mass is 9.99. The van der Waals surface area contributed by atoms with Crippen LogP contribution in [0.1, 0.15) is 22.3 Å². The molecule has 2 nitrogen and oxygen atoms in total. The van der Waals surface area contributed by atoms with Crippen molar-refractivity contribution in [1.82, 2.24) is 0 Å². The number of halogens is 1. The molecule has 68 valence electrons. The minimum absolute atomic E-state index is 0.266. The van der Waals surface area contributed by atoms with Crippen molar-refractivity contribution in [2.75, 3.05) is 11.9 Å². The van der Waals surface area contributed by atoms with Crippen LogP contribution in [0.15, 0.2) is 12.1 Å². The highest BCUT2D eigenvalue weighted by Gasteiger charge is 2.20. The number of carbonyl (C=O) groups is 1. The van der Waals surface area contributed by atoms with E-state index in [1.54, 1.807) is 0 Å². The highest BCUT2D eigenvalue weighted by Crippen LogP contribution is 2.29. The number of hydrogen-bond acceptors (Lipinski definition) is 2. The third-order valence-electron chi connectivity index (χ3n) is 2.30. The number of nitrogens with one attached hydrogen (secondary N) is 1. The SMILES string of the molecule is Cc1ccc(I)c2c1NCCC2=O. The predicted molar refractivity (Wildman–Crippen MR) is 61.3 cm³/mol. The number of ketones is 1. The summed E-state index contributed by atoms with van der Waals surface area (Å²) in [6.45, 7) is 2.80. The Labute approximate surface area is 90.9 Å². The van der Waals surface area contributed by atoms with Crippen LogP contribution in [-0.4, -0.2) is 12.3 Å². The molecule has 1 aromatic carbocycles. The van der Waals surface area contributed by atoms with Gasteiger partial charge >= 0.3 is 0 Å². The Morgan fingerprint density at radius 2 is 2.23 bits per heavy atom. The lowest BCUT2D eigenvalue weighted by Gasteiger charge is -2.20. The first kappa shape index (κ1) is 8.99.